The predicted octanol–water partition coefficient (Wildman–Crippen LogP) is 2.35. The van der Waals surface area contributed by atoms with Gasteiger partial charge in [0.1, 0.15) is 5.54 Å². The number of rotatable bonds is 7. The molecule has 3 rings (SSSR count). The van der Waals surface area contributed by atoms with Crippen LogP contribution in [0.3, 0.4) is 0 Å². The predicted molar refractivity (Wildman–Crippen MR) is 88.6 cm³/mol. The van der Waals surface area contributed by atoms with Gasteiger partial charge in [-0.05, 0) is 24.9 Å². The van der Waals surface area contributed by atoms with Crippen molar-refractivity contribution in [3.8, 4) is 12.3 Å². The van der Waals surface area contributed by atoms with Gasteiger partial charge in [0.2, 0.25) is 5.91 Å². The summed E-state index contributed by atoms with van der Waals surface area (Å²) in [6.45, 7) is 1.42. The molecular formula is C18H22N4O. The Morgan fingerprint density at radius 1 is 1.30 bits per heavy atom. The summed E-state index contributed by atoms with van der Waals surface area (Å²) in [7, 11) is 0. The maximum absolute atomic E-state index is 12.8. The smallest absolute Gasteiger partial charge is 0.244 e. The molecule has 0 spiro atoms. The van der Waals surface area contributed by atoms with Gasteiger partial charge in [0.15, 0.2) is 5.66 Å². The molecule has 0 aromatic heterocycles. The number of hydrogen-bond acceptors (Lipinski definition) is 4. The Kier molecular flexibility index (Phi) is 4.44. The second-order valence-corrected chi connectivity index (χ2v) is 6.19. The van der Waals surface area contributed by atoms with Crippen LogP contribution in [0.4, 0.5) is 0 Å². The molecule has 2 N–H and O–H groups in total. The molecule has 1 fully saturated rings. The van der Waals surface area contributed by atoms with Gasteiger partial charge in [-0.3, -0.25) is 10.1 Å². The standard InChI is InChI=1S/C18H22N4O/c1-2-3-10-17(21-22-17)12-14-19-16(23)18(11-7-13-20-18)15-8-5-4-6-9-15/h1,4-6,8-9,20H,3,7,10-14H2,(H,19,23). The lowest BCUT2D eigenvalue weighted by atomic mass is 9.87. The van der Waals surface area contributed by atoms with Crippen molar-refractivity contribution >= 4 is 5.91 Å². The number of carbonyl (C=O) groups excluding carboxylic acids is 1. The number of terminal acetylenes is 1. The summed E-state index contributed by atoms with van der Waals surface area (Å²) in [5.41, 5.74) is 0.0751. The van der Waals surface area contributed by atoms with Crippen LogP contribution in [0, 0.1) is 12.3 Å². The van der Waals surface area contributed by atoms with Gasteiger partial charge in [0.05, 0.1) is 0 Å². The molecule has 120 valence electrons. The first kappa shape index (κ1) is 15.7. The fourth-order valence-electron chi connectivity index (χ4n) is 3.23. The highest BCUT2D eigenvalue weighted by atomic mass is 16.2. The number of hydrogen-bond donors (Lipinski definition) is 2. The van der Waals surface area contributed by atoms with E-state index < -0.39 is 5.54 Å². The number of nitrogens with zero attached hydrogens (tertiary/aromatic N) is 2. The Bertz CT molecular complexity index is 620. The van der Waals surface area contributed by atoms with Gasteiger partial charge in [0, 0.05) is 25.8 Å². The average molecular weight is 310 g/mol. The first-order valence-corrected chi connectivity index (χ1v) is 8.17. The zero-order valence-corrected chi connectivity index (χ0v) is 13.2. The van der Waals surface area contributed by atoms with Gasteiger partial charge >= 0.3 is 0 Å². The zero-order chi connectivity index (χ0) is 16.2. The minimum atomic E-state index is -0.606. The van der Waals surface area contributed by atoms with Gasteiger partial charge in [0.25, 0.3) is 0 Å². The first-order valence-electron chi connectivity index (χ1n) is 8.17. The van der Waals surface area contributed by atoms with Gasteiger partial charge in [-0.2, -0.15) is 10.2 Å². The fourth-order valence-corrected chi connectivity index (χ4v) is 3.23. The van der Waals surface area contributed by atoms with E-state index in [1.165, 1.54) is 0 Å². The SMILES string of the molecule is C#CCCC1(CCNC(=O)C2(c3ccccc3)CCCN2)N=N1. The van der Waals surface area contributed by atoms with E-state index in [0.717, 1.165) is 31.4 Å². The normalized spacial score (nSPS) is 24.1. The molecule has 2 heterocycles. The number of amides is 1. The summed E-state index contributed by atoms with van der Waals surface area (Å²) >= 11 is 0. The van der Waals surface area contributed by atoms with E-state index in [-0.39, 0.29) is 11.6 Å². The molecule has 0 saturated carbocycles. The van der Waals surface area contributed by atoms with E-state index in [1.807, 2.05) is 30.3 Å². The van der Waals surface area contributed by atoms with Crippen LogP contribution in [0.15, 0.2) is 40.6 Å². The van der Waals surface area contributed by atoms with Crippen molar-refractivity contribution < 1.29 is 4.79 Å². The molecule has 0 bridgehead atoms. The third-order valence-corrected chi connectivity index (χ3v) is 4.67. The van der Waals surface area contributed by atoms with Crippen molar-refractivity contribution in [3.63, 3.8) is 0 Å². The monoisotopic (exact) mass is 310 g/mol. The van der Waals surface area contributed by atoms with Crippen LogP contribution in [0.5, 0.6) is 0 Å². The molecule has 5 nitrogen and oxygen atoms in total. The van der Waals surface area contributed by atoms with Crippen LogP contribution in [0.2, 0.25) is 0 Å². The van der Waals surface area contributed by atoms with Crippen LogP contribution < -0.4 is 10.6 Å². The van der Waals surface area contributed by atoms with Gasteiger partial charge in [-0.15, -0.1) is 12.3 Å². The second-order valence-electron chi connectivity index (χ2n) is 6.19. The van der Waals surface area contributed by atoms with Crippen LogP contribution >= 0.6 is 0 Å². The Labute approximate surface area is 137 Å². The summed E-state index contributed by atoms with van der Waals surface area (Å²) in [6.07, 6.45) is 9.25. The highest BCUT2D eigenvalue weighted by Crippen LogP contribution is 2.36. The van der Waals surface area contributed by atoms with Crippen LogP contribution in [-0.4, -0.2) is 24.7 Å². The quantitative estimate of drug-likeness (QED) is 0.759. The van der Waals surface area contributed by atoms with Crippen LogP contribution in [0.25, 0.3) is 0 Å². The summed E-state index contributed by atoms with van der Waals surface area (Å²) in [6, 6.07) is 9.94. The average Bonchev–Trinajstić information content (AvgIpc) is 3.17. The molecule has 1 atom stereocenters. The second kappa shape index (κ2) is 6.51. The Hall–Kier alpha value is -2.19. The van der Waals surface area contributed by atoms with Gasteiger partial charge in [-0.1, -0.05) is 30.3 Å². The molecule has 5 heteroatoms. The molecule has 0 radical (unpaired) electrons. The topological polar surface area (TPSA) is 65.8 Å². The Morgan fingerprint density at radius 3 is 2.70 bits per heavy atom. The lowest BCUT2D eigenvalue weighted by Gasteiger charge is -2.29. The van der Waals surface area contributed by atoms with Crippen molar-refractivity contribution in [1.29, 1.82) is 0 Å². The van der Waals surface area contributed by atoms with Crippen molar-refractivity contribution in [3.05, 3.63) is 35.9 Å². The van der Waals surface area contributed by atoms with E-state index in [1.54, 1.807) is 0 Å². The summed E-state index contributed by atoms with van der Waals surface area (Å²) in [4.78, 5) is 12.8. The largest absolute Gasteiger partial charge is 0.354 e. The van der Waals surface area contributed by atoms with Gasteiger partial charge < -0.3 is 5.32 Å². The lowest BCUT2D eigenvalue weighted by Crippen LogP contribution is -2.51. The van der Waals surface area contributed by atoms with E-state index in [0.29, 0.717) is 19.4 Å². The minimum absolute atomic E-state index is 0.0361. The molecule has 2 aliphatic rings. The van der Waals surface area contributed by atoms with Crippen LogP contribution in [-0.2, 0) is 10.3 Å². The third kappa shape index (κ3) is 3.27. The minimum Gasteiger partial charge on any atom is -0.354 e. The van der Waals surface area contributed by atoms with E-state index in [9.17, 15) is 4.79 Å². The van der Waals surface area contributed by atoms with Crippen LogP contribution in [0.1, 0.15) is 37.7 Å². The third-order valence-electron chi connectivity index (χ3n) is 4.67. The molecular weight excluding hydrogens is 288 g/mol. The first-order chi connectivity index (χ1) is 11.2. The van der Waals surface area contributed by atoms with Crippen molar-refractivity contribution in [2.24, 2.45) is 10.2 Å². The van der Waals surface area contributed by atoms with E-state index in [2.05, 4.69) is 26.8 Å². The number of carbonyl (C=O) groups is 1. The summed E-state index contributed by atoms with van der Waals surface area (Å²) < 4.78 is 0. The molecule has 1 aromatic carbocycles. The lowest BCUT2D eigenvalue weighted by molar-refractivity contribution is -0.127. The fraction of sp³-hybridized carbons (Fsp3) is 0.500. The molecule has 23 heavy (non-hydrogen) atoms. The zero-order valence-electron chi connectivity index (χ0n) is 13.2. The maximum Gasteiger partial charge on any atom is 0.244 e. The Morgan fingerprint density at radius 2 is 2.09 bits per heavy atom. The van der Waals surface area contributed by atoms with Crippen molar-refractivity contribution in [2.45, 2.75) is 43.3 Å². The molecule has 1 amide bonds. The molecule has 1 unspecified atom stereocenters. The van der Waals surface area contributed by atoms with Gasteiger partial charge in [-0.25, -0.2) is 0 Å². The highest BCUT2D eigenvalue weighted by Gasteiger charge is 2.43. The van der Waals surface area contributed by atoms with E-state index >= 15 is 0 Å². The van der Waals surface area contributed by atoms with Crippen molar-refractivity contribution in [1.82, 2.24) is 10.6 Å². The number of nitrogens with one attached hydrogen (secondary N) is 2. The van der Waals surface area contributed by atoms with E-state index in [4.69, 9.17) is 6.42 Å². The maximum atomic E-state index is 12.8. The molecule has 1 aromatic rings. The summed E-state index contributed by atoms with van der Waals surface area (Å²) in [5, 5.41) is 14.7. The molecule has 2 aliphatic heterocycles. The highest BCUT2D eigenvalue weighted by molar-refractivity contribution is 5.88. The Balaban J connectivity index is 1.59. The molecule has 1 saturated heterocycles. The number of benzene rings is 1. The summed E-state index contributed by atoms with van der Waals surface area (Å²) in [5.74, 6) is 2.65. The molecule has 0 aliphatic carbocycles. The van der Waals surface area contributed by atoms with Crippen molar-refractivity contribution in [2.75, 3.05) is 13.1 Å².